The fraction of sp³-hybridized carbons (Fsp3) is 0.200. The Kier molecular flexibility index (Phi) is 4.02. The van der Waals surface area contributed by atoms with Crippen molar-refractivity contribution in [2.45, 2.75) is 6.42 Å². The van der Waals surface area contributed by atoms with Crippen LogP contribution in [-0.4, -0.2) is 13.0 Å². The van der Waals surface area contributed by atoms with Gasteiger partial charge in [0.15, 0.2) is 0 Å². The standard InChI is InChI=1S/C10H11N3O/c11-5-2-6-12-9-3-1-4-10(7-9)13-8-14/h1,3-4,7-8,12H,2,6H2,(H,13,14). The molecule has 0 aliphatic heterocycles. The molecule has 4 heteroatoms. The van der Waals surface area contributed by atoms with E-state index in [0.29, 0.717) is 19.4 Å². The van der Waals surface area contributed by atoms with Crippen LogP contribution >= 0.6 is 0 Å². The zero-order chi connectivity index (χ0) is 10.2. The van der Waals surface area contributed by atoms with Crippen molar-refractivity contribution in [3.63, 3.8) is 0 Å². The maximum absolute atomic E-state index is 10.2. The van der Waals surface area contributed by atoms with Gasteiger partial charge in [-0.2, -0.15) is 5.26 Å². The topological polar surface area (TPSA) is 64.9 Å². The molecule has 0 aliphatic carbocycles. The Bertz CT molecular complexity index is 343. The summed E-state index contributed by atoms with van der Waals surface area (Å²) in [5.41, 5.74) is 1.63. The first-order chi connectivity index (χ1) is 6.86. The van der Waals surface area contributed by atoms with Gasteiger partial charge in [-0.1, -0.05) is 6.07 Å². The monoisotopic (exact) mass is 189 g/mol. The van der Waals surface area contributed by atoms with Gasteiger partial charge in [0.1, 0.15) is 0 Å². The molecule has 14 heavy (non-hydrogen) atoms. The van der Waals surface area contributed by atoms with E-state index >= 15 is 0 Å². The molecule has 1 aromatic carbocycles. The number of rotatable bonds is 5. The summed E-state index contributed by atoms with van der Waals surface area (Å²) in [7, 11) is 0. The molecule has 2 N–H and O–H groups in total. The highest BCUT2D eigenvalue weighted by Crippen LogP contribution is 2.13. The van der Waals surface area contributed by atoms with Crippen LogP contribution in [-0.2, 0) is 4.79 Å². The lowest BCUT2D eigenvalue weighted by Crippen LogP contribution is -2.01. The summed E-state index contributed by atoms with van der Waals surface area (Å²) in [6.45, 7) is 0.612. The van der Waals surface area contributed by atoms with Gasteiger partial charge in [0.2, 0.25) is 6.41 Å². The van der Waals surface area contributed by atoms with Crippen LogP contribution in [0.1, 0.15) is 6.42 Å². The van der Waals surface area contributed by atoms with E-state index < -0.39 is 0 Å². The summed E-state index contributed by atoms with van der Waals surface area (Å²) in [5, 5.41) is 14.0. The first kappa shape index (κ1) is 10.1. The number of nitrogens with one attached hydrogen (secondary N) is 2. The third-order valence-electron chi connectivity index (χ3n) is 1.65. The number of nitrogens with zero attached hydrogens (tertiary/aromatic N) is 1. The molecular weight excluding hydrogens is 178 g/mol. The number of anilines is 2. The van der Waals surface area contributed by atoms with Crippen molar-refractivity contribution in [1.82, 2.24) is 0 Å². The zero-order valence-electron chi connectivity index (χ0n) is 7.66. The van der Waals surface area contributed by atoms with Crippen LogP contribution in [0.5, 0.6) is 0 Å². The zero-order valence-corrected chi connectivity index (χ0v) is 7.66. The van der Waals surface area contributed by atoms with Gasteiger partial charge < -0.3 is 10.6 Å². The van der Waals surface area contributed by atoms with Crippen LogP contribution in [0, 0.1) is 11.3 Å². The predicted molar refractivity (Wildman–Crippen MR) is 54.8 cm³/mol. The second-order valence-electron chi connectivity index (χ2n) is 2.68. The second kappa shape index (κ2) is 5.60. The summed E-state index contributed by atoms with van der Waals surface area (Å²) < 4.78 is 0. The van der Waals surface area contributed by atoms with Crippen LogP contribution in [0.2, 0.25) is 0 Å². The maximum atomic E-state index is 10.2. The molecular formula is C10H11N3O. The fourth-order valence-corrected chi connectivity index (χ4v) is 1.05. The maximum Gasteiger partial charge on any atom is 0.211 e. The lowest BCUT2D eigenvalue weighted by Gasteiger charge is -2.05. The smallest absolute Gasteiger partial charge is 0.211 e. The van der Waals surface area contributed by atoms with E-state index in [1.165, 1.54) is 0 Å². The molecule has 72 valence electrons. The molecule has 0 saturated carbocycles. The van der Waals surface area contributed by atoms with Gasteiger partial charge in [-0.25, -0.2) is 0 Å². The molecule has 0 bridgehead atoms. The molecule has 0 unspecified atom stereocenters. The number of benzene rings is 1. The first-order valence-electron chi connectivity index (χ1n) is 4.28. The normalized spacial score (nSPS) is 8.79. The van der Waals surface area contributed by atoms with Crippen LogP contribution in [0.4, 0.5) is 11.4 Å². The van der Waals surface area contributed by atoms with E-state index in [-0.39, 0.29) is 0 Å². The molecule has 0 atom stereocenters. The van der Waals surface area contributed by atoms with Gasteiger partial charge in [0.05, 0.1) is 12.5 Å². The van der Waals surface area contributed by atoms with Gasteiger partial charge in [-0.3, -0.25) is 4.79 Å². The average molecular weight is 189 g/mol. The minimum Gasteiger partial charge on any atom is -0.384 e. The number of amides is 1. The van der Waals surface area contributed by atoms with Gasteiger partial charge in [-0.05, 0) is 18.2 Å². The van der Waals surface area contributed by atoms with E-state index in [4.69, 9.17) is 5.26 Å². The molecule has 0 aliphatic rings. The minimum absolute atomic E-state index is 0.464. The summed E-state index contributed by atoms with van der Waals surface area (Å²) in [6.07, 6.45) is 1.10. The van der Waals surface area contributed by atoms with Gasteiger partial charge in [0, 0.05) is 17.9 Å². The van der Waals surface area contributed by atoms with E-state index in [2.05, 4.69) is 10.6 Å². The Morgan fingerprint density at radius 2 is 2.21 bits per heavy atom. The summed E-state index contributed by atoms with van der Waals surface area (Å²) >= 11 is 0. The van der Waals surface area contributed by atoms with E-state index in [1.807, 2.05) is 24.3 Å². The van der Waals surface area contributed by atoms with Gasteiger partial charge >= 0.3 is 0 Å². The third-order valence-corrected chi connectivity index (χ3v) is 1.65. The third kappa shape index (κ3) is 3.15. The van der Waals surface area contributed by atoms with Crippen molar-refractivity contribution in [1.29, 1.82) is 5.26 Å². The lowest BCUT2D eigenvalue weighted by molar-refractivity contribution is -0.105. The number of nitriles is 1. The fourth-order valence-electron chi connectivity index (χ4n) is 1.05. The van der Waals surface area contributed by atoms with Crippen LogP contribution in [0.25, 0.3) is 0 Å². The number of carbonyl (C=O) groups is 1. The van der Waals surface area contributed by atoms with Crippen molar-refractivity contribution in [2.75, 3.05) is 17.2 Å². The summed E-state index contributed by atoms with van der Waals surface area (Å²) in [5.74, 6) is 0. The molecule has 4 nitrogen and oxygen atoms in total. The van der Waals surface area contributed by atoms with Gasteiger partial charge in [0.25, 0.3) is 0 Å². The molecule has 0 spiro atoms. The van der Waals surface area contributed by atoms with Crippen molar-refractivity contribution >= 4 is 17.8 Å². The molecule has 1 amide bonds. The molecule has 0 saturated heterocycles. The Morgan fingerprint density at radius 3 is 2.93 bits per heavy atom. The molecule has 0 aromatic heterocycles. The predicted octanol–water partition coefficient (Wildman–Crippen LogP) is 1.58. The van der Waals surface area contributed by atoms with E-state index in [1.54, 1.807) is 6.07 Å². The van der Waals surface area contributed by atoms with E-state index in [0.717, 1.165) is 11.4 Å². The van der Waals surface area contributed by atoms with E-state index in [9.17, 15) is 4.79 Å². The average Bonchev–Trinajstić information content (AvgIpc) is 2.19. The van der Waals surface area contributed by atoms with Gasteiger partial charge in [-0.15, -0.1) is 0 Å². The molecule has 0 radical (unpaired) electrons. The second-order valence-corrected chi connectivity index (χ2v) is 2.68. The van der Waals surface area contributed by atoms with Crippen molar-refractivity contribution in [3.05, 3.63) is 24.3 Å². The Hall–Kier alpha value is -2.02. The highest BCUT2D eigenvalue weighted by molar-refractivity contribution is 5.73. The highest BCUT2D eigenvalue weighted by Gasteiger charge is 1.93. The largest absolute Gasteiger partial charge is 0.384 e. The van der Waals surface area contributed by atoms with Crippen LogP contribution < -0.4 is 10.6 Å². The molecule has 0 heterocycles. The summed E-state index contributed by atoms with van der Waals surface area (Å²) in [4.78, 5) is 10.2. The molecule has 1 rings (SSSR count). The minimum atomic E-state index is 0.464. The number of carbonyl (C=O) groups excluding carboxylic acids is 1. The van der Waals surface area contributed by atoms with Crippen molar-refractivity contribution in [2.24, 2.45) is 0 Å². The number of hydrogen-bond acceptors (Lipinski definition) is 3. The first-order valence-corrected chi connectivity index (χ1v) is 4.28. The molecule has 1 aromatic rings. The Morgan fingerprint density at radius 1 is 1.43 bits per heavy atom. The Labute approximate surface area is 82.5 Å². The lowest BCUT2D eigenvalue weighted by atomic mass is 10.2. The summed E-state index contributed by atoms with van der Waals surface area (Å²) in [6, 6.07) is 9.37. The quantitative estimate of drug-likeness (QED) is 0.546. The molecule has 0 fully saturated rings. The SMILES string of the molecule is N#CCCNc1cccc(NC=O)c1. The van der Waals surface area contributed by atoms with Crippen molar-refractivity contribution < 1.29 is 4.79 Å². The van der Waals surface area contributed by atoms with Crippen molar-refractivity contribution in [3.8, 4) is 6.07 Å². The highest BCUT2D eigenvalue weighted by atomic mass is 16.1. The Balaban J connectivity index is 2.55. The van der Waals surface area contributed by atoms with Crippen LogP contribution in [0.15, 0.2) is 24.3 Å². The van der Waals surface area contributed by atoms with Crippen LogP contribution in [0.3, 0.4) is 0 Å². The number of hydrogen-bond donors (Lipinski definition) is 2.